The van der Waals surface area contributed by atoms with Gasteiger partial charge in [-0.25, -0.2) is 0 Å². The molecule has 1 aliphatic rings. The minimum absolute atomic E-state index is 0.0291. The lowest BCUT2D eigenvalue weighted by molar-refractivity contribution is -0.402. The van der Waals surface area contributed by atoms with E-state index in [0.717, 1.165) is 25.0 Å². The Morgan fingerprint density at radius 1 is 1.62 bits per heavy atom. The highest BCUT2D eigenvalue weighted by molar-refractivity contribution is 6.01. The summed E-state index contributed by atoms with van der Waals surface area (Å²) in [6.45, 7) is 1.01. The number of nitro groups is 1. The van der Waals surface area contributed by atoms with Gasteiger partial charge in [0.05, 0.1) is 12.2 Å². The van der Waals surface area contributed by atoms with Crippen LogP contribution >= 0.6 is 0 Å². The molecule has 8 nitrogen and oxygen atoms in total. The van der Waals surface area contributed by atoms with E-state index in [1.165, 1.54) is 6.07 Å². The highest BCUT2D eigenvalue weighted by atomic mass is 16.6. The lowest BCUT2D eigenvalue weighted by Crippen LogP contribution is -2.32. The molecule has 1 aromatic heterocycles. The smallest absolute Gasteiger partial charge is 0.401 e. The Kier molecular flexibility index (Phi) is 4.68. The Labute approximate surface area is 120 Å². The summed E-state index contributed by atoms with van der Waals surface area (Å²) in [5.74, 6) is -0.934. The van der Waals surface area contributed by atoms with E-state index in [1.54, 1.807) is 6.07 Å². The Balaban J connectivity index is 1.99. The summed E-state index contributed by atoms with van der Waals surface area (Å²) in [5.41, 5.74) is -0.183. The summed E-state index contributed by atoms with van der Waals surface area (Å²) in [7, 11) is 0. The van der Waals surface area contributed by atoms with Crippen LogP contribution in [0, 0.1) is 21.4 Å². The number of ether oxygens (including phenoxy) is 1. The van der Waals surface area contributed by atoms with Gasteiger partial charge in [0.2, 0.25) is 0 Å². The monoisotopic (exact) mass is 291 g/mol. The highest BCUT2D eigenvalue weighted by Crippen LogP contribution is 2.18. The number of nitriles is 1. The zero-order chi connectivity index (χ0) is 15.2. The standard InChI is InChI=1S/C13H13N3O5/c14-7-9(6-10-3-4-12(21-10)16(18)19)13(17)15-8-11-2-1-5-20-11/h3-4,6,11H,1-2,5,8H2,(H,15,17)/b9-6+/t11-/m1/s1. The second kappa shape index (κ2) is 6.67. The molecule has 0 saturated carbocycles. The summed E-state index contributed by atoms with van der Waals surface area (Å²) < 4.78 is 10.2. The minimum Gasteiger partial charge on any atom is -0.401 e. The SMILES string of the molecule is N#C/C(=C\c1ccc([N+](=O)[O-])o1)C(=O)NC[C@H]1CCCO1. The molecule has 1 aliphatic heterocycles. The lowest BCUT2D eigenvalue weighted by Gasteiger charge is -2.09. The number of nitrogens with one attached hydrogen (secondary N) is 1. The second-order valence-corrected chi connectivity index (χ2v) is 4.45. The van der Waals surface area contributed by atoms with E-state index >= 15 is 0 Å². The lowest BCUT2D eigenvalue weighted by atomic mass is 10.2. The molecule has 2 rings (SSSR count). The van der Waals surface area contributed by atoms with Crippen LogP contribution in [-0.4, -0.2) is 30.1 Å². The first-order valence-electron chi connectivity index (χ1n) is 6.36. The fourth-order valence-corrected chi connectivity index (χ4v) is 1.92. The topological polar surface area (TPSA) is 118 Å². The molecule has 0 aliphatic carbocycles. The summed E-state index contributed by atoms with van der Waals surface area (Å²) in [5, 5.41) is 22.1. The summed E-state index contributed by atoms with van der Waals surface area (Å²) in [4.78, 5) is 21.6. The van der Waals surface area contributed by atoms with Gasteiger partial charge in [-0.3, -0.25) is 14.9 Å². The van der Waals surface area contributed by atoms with Crippen LogP contribution in [0.5, 0.6) is 0 Å². The molecule has 1 N–H and O–H groups in total. The maximum absolute atomic E-state index is 11.8. The van der Waals surface area contributed by atoms with Crippen LogP contribution < -0.4 is 5.32 Å². The van der Waals surface area contributed by atoms with Gasteiger partial charge in [-0.2, -0.15) is 5.26 Å². The molecule has 0 spiro atoms. The Bertz CT molecular complexity index is 608. The molecule has 2 heterocycles. The third-order valence-electron chi connectivity index (χ3n) is 2.96. The molecule has 21 heavy (non-hydrogen) atoms. The molecule has 0 aromatic carbocycles. The van der Waals surface area contributed by atoms with Gasteiger partial charge in [-0.15, -0.1) is 0 Å². The zero-order valence-electron chi connectivity index (χ0n) is 11.1. The first-order valence-corrected chi connectivity index (χ1v) is 6.36. The van der Waals surface area contributed by atoms with Gasteiger partial charge in [0.15, 0.2) is 0 Å². The van der Waals surface area contributed by atoms with Crippen molar-refractivity contribution in [3.8, 4) is 6.07 Å². The Morgan fingerprint density at radius 2 is 2.43 bits per heavy atom. The number of hydrogen-bond acceptors (Lipinski definition) is 6. The second-order valence-electron chi connectivity index (χ2n) is 4.45. The molecule has 0 radical (unpaired) electrons. The third kappa shape index (κ3) is 3.90. The van der Waals surface area contributed by atoms with Crippen LogP contribution in [0.4, 0.5) is 5.88 Å². The maximum Gasteiger partial charge on any atom is 0.433 e. The number of carbonyl (C=O) groups excluding carboxylic acids is 1. The van der Waals surface area contributed by atoms with E-state index in [9.17, 15) is 14.9 Å². The van der Waals surface area contributed by atoms with Crippen LogP contribution in [0.3, 0.4) is 0 Å². The molecule has 1 fully saturated rings. The van der Waals surface area contributed by atoms with Gasteiger partial charge < -0.3 is 14.5 Å². The van der Waals surface area contributed by atoms with E-state index in [-0.39, 0.29) is 17.4 Å². The van der Waals surface area contributed by atoms with Gasteiger partial charge in [-0.1, -0.05) is 0 Å². The number of hydrogen-bond donors (Lipinski definition) is 1. The molecule has 0 bridgehead atoms. The van der Waals surface area contributed by atoms with Crippen molar-refractivity contribution < 1.29 is 18.9 Å². The normalized spacial score (nSPS) is 18.2. The van der Waals surface area contributed by atoms with E-state index in [4.69, 9.17) is 14.4 Å². The summed E-state index contributed by atoms with van der Waals surface area (Å²) in [6, 6.07) is 4.22. The van der Waals surface area contributed by atoms with Gasteiger partial charge >= 0.3 is 5.88 Å². The highest BCUT2D eigenvalue weighted by Gasteiger charge is 2.18. The van der Waals surface area contributed by atoms with Gasteiger partial charge in [0.1, 0.15) is 22.3 Å². The van der Waals surface area contributed by atoms with E-state index in [2.05, 4.69) is 5.32 Å². The van der Waals surface area contributed by atoms with Crippen molar-refractivity contribution in [2.75, 3.05) is 13.2 Å². The van der Waals surface area contributed by atoms with Crippen LogP contribution in [-0.2, 0) is 9.53 Å². The molecular weight excluding hydrogens is 278 g/mol. The first-order chi connectivity index (χ1) is 10.1. The molecule has 1 aromatic rings. The largest absolute Gasteiger partial charge is 0.433 e. The van der Waals surface area contributed by atoms with E-state index in [1.807, 2.05) is 0 Å². The molecule has 1 atom stereocenters. The minimum atomic E-state index is -0.694. The number of amides is 1. The van der Waals surface area contributed by atoms with Crippen LogP contribution in [0.15, 0.2) is 22.1 Å². The van der Waals surface area contributed by atoms with Crippen molar-refractivity contribution >= 4 is 17.9 Å². The van der Waals surface area contributed by atoms with Crippen LogP contribution in [0.25, 0.3) is 6.08 Å². The molecule has 0 unspecified atom stereocenters. The predicted molar refractivity (Wildman–Crippen MR) is 70.9 cm³/mol. The zero-order valence-corrected chi connectivity index (χ0v) is 11.1. The number of rotatable bonds is 5. The molecule has 1 saturated heterocycles. The number of nitrogens with zero attached hydrogens (tertiary/aromatic N) is 2. The number of furan rings is 1. The van der Waals surface area contributed by atoms with E-state index < -0.39 is 16.7 Å². The van der Waals surface area contributed by atoms with Crippen molar-refractivity contribution in [3.63, 3.8) is 0 Å². The summed E-state index contributed by atoms with van der Waals surface area (Å²) >= 11 is 0. The van der Waals surface area contributed by atoms with Gasteiger partial charge in [-0.05, 0) is 18.9 Å². The van der Waals surface area contributed by atoms with Gasteiger partial charge in [0.25, 0.3) is 5.91 Å². The third-order valence-corrected chi connectivity index (χ3v) is 2.96. The fraction of sp³-hybridized carbons (Fsp3) is 0.385. The van der Waals surface area contributed by atoms with Crippen molar-refractivity contribution in [3.05, 3.63) is 33.6 Å². The summed E-state index contributed by atoms with van der Waals surface area (Å²) in [6.07, 6.45) is 2.96. The Morgan fingerprint density at radius 3 is 3.00 bits per heavy atom. The van der Waals surface area contributed by atoms with Crippen LogP contribution in [0.2, 0.25) is 0 Å². The van der Waals surface area contributed by atoms with Crippen molar-refractivity contribution in [2.45, 2.75) is 18.9 Å². The average molecular weight is 291 g/mol. The van der Waals surface area contributed by atoms with E-state index in [0.29, 0.717) is 13.2 Å². The molecule has 110 valence electrons. The van der Waals surface area contributed by atoms with Crippen molar-refractivity contribution in [1.82, 2.24) is 5.32 Å². The van der Waals surface area contributed by atoms with Crippen molar-refractivity contribution in [1.29, 1.82) is 5.26 Å². The maximum atomic E-state index is 11.8. The Hall–Kier alpha value is -2.66. The first kappa shape index (κ1) is 14.7. The average Bonchev–Trinajstić information content (AvgIpc) is 3.13. The fourth-order valence-electron chi connectivity index (χ4n) is 1.92. The molecular formula is C13H13N3O5. The number of carbonyl (C=O) groups is 1. The molecule has 8 heteroatoms. The molecule has 1 amide bonds. The quantitative estimate of drug-likeness (QED) is 0.379. The predicted octanol–water partition coefficient (Wildman–Crippen LogP) is 1.39. The van der Waals surface area contributed by atoms with Gasteiger partial charge in [0, 0.05) is 19.2 Å². The van der Waals surface area contributed by atoms with Crippen molar-refractivity contribution in [2.24, 2.45) is 0 Å². The van der Waals surface area contributed by atoms with Crippen LogP contribution in [0.1, 0.15) is 18.6 Å².